The molecular formula is C21H20N8O2. The van der Waals surface area contributed by atoms with Crippen LogP contribution in [-0.2, 0) is 0 Å². The smallest absolute Gasteiger partial charge is 0.293 e. The summed E-state index contributed by atoms with van der Waals surface area (Å²) in [6.45, 7) is 3.79. The van der Waals surface area contributed by atoms with E-state index < -0.39 is 5.91 Å². The Bertz CT molecular complexity index is 1210. The molecule has 0 aliphatic carbocycles. The second-order valence-corrected chi connectivity index (χ2v) is 7.05. The third-order valence-corrected chi connectivity index (χ3v) is 4.56. The molecule has 0 atom stereocenters. The molecule has 3 N–H and O–H groups in total. The summed E-state index contributed by atoms with van der Waals surface area (Å²) in [5, 5.41) is 19.2. The Morgan fingerprint density at radius 2 is 1.81 bits per heavy atom. The number of nitrogens with one attached hydrogen (secondary N) is 1. The molecule has 0 fully saturated rings. The molecule has 0 saturated carbocycles. The maximum atomic E-state index is 12.6. The van der Waals surface area contributed by atoms with E-state index in [0.29, 0.717) is 5.69 Å². The number of hydrogen-bond donors (Lipinski definition) is 2. The van der Waals surface area contributed by atoms with E-state index in [-0.39, 0.29) is 23.2 Å². The molecular weight excluding hydrogens is 396 g/mol. The van der Waals surface area contributed by atoms with Crippen molar-refractivity contribution >= 4 is 17.9 Å². The second kappa shape index (κ2) is 8.57. The molecule has 10 nitrogen and oxygen atoms in total. The number of benzene rings is 2. The molecule has 2 aromatic carbocycles. The van der Waals surface area contributed by atoms with Crippen molar-refractivity contribution < 1.29 is 9.42 Å². The molecule has 0 aliphatic rings. The third-order valence-electron chi connectivity index (χ3n) is 4.56. The minimum Gasteiger partial charge on any atom is -0.378 e. The highest BCUT2D eigenvalue weighted by Gasteiger charge is 2.25. The van der Waals surface area contributed by atoms with Gasteiger partial charge in [-0.3, -0.25) is 4.79 Å². The van der Waals surface area contributed by atoms with Crippen LogP contribution in [0.15, 0.2) is 64.3 Å². The van der Waals surface area contributed by atoms with Gasteiger partial charge in [0.2, 0.25) is 11.6 Å². The van der Waals surface area contributed by atoms with E-state index >= 15 is 0 Å². The Labute approximate surface area is 177 Å². The zero-order valence-electron chi connectivity index (χ0n) is 16.9. The number of nitrogens with two attached hydrogens (primary N) is 1. The summed E-state index contributed by atoms with van der Waals surface area (Å²) in [4.78, 5) is 12.6. The second-order valence-electron chi connectivity index (χ2n) is 7.05. The lowest BCUT2D eigenvalue weighted by atomic mass is 10.0. The molecule has 0 bridgehead atoms. The summed E-state index contributed by atoms with van der Waals surface area (Å²) < 4.78 is 5.96. The van der Waals surface area contributed by atoms with Gasteiger partial charge in [-0.15, -0.1) is 5.10 Å². The van der Waals surface area contributed by atoms with E-state index in [0.717, 1.165) is 16.7 Å². The number of amides is 1. The first-order chi connectivity index (χ1) is 15.0. The Morgan fingerprint density at radius 1 is 1.10 bits per heavy atom. The van der Waals surface area contributed by atoms with Crippen molar-refractivity contribution in [1.29, 1.82) is 0 Å². The lowest BCUT2D eigenvalue weighted by Crippen LogP contribution is -2.21. The number of aromatic nitrogens is 5. The molecule has 1 amide bonds. The van der Waals surface area contributed by atoms with Crippen LogP contribution in [0.5, 0.6) is 0 Å². The molecule has 0 saturated heterocycles. The maximum Gasteiger partial charge on any atom is 0.293 e. The third kappa shape index (κ3) is 4.17. The molecule has 4 rings (SSSR count). The van der Waals surface area contributed by atoms with E-state index in [4.69, 9.17) is 5.73 Å². The predicted octanol–water partition coefficient (Wildman–Crippen LogP) is 2.79. The zero-order chi connectivity index (χ0) is 21.8. The van der Waals surface area contributed by atoms with Crippen LogP contribution in [0.2, 0.25) is 0 Å². The van der Waals surface area contributed by atoms with Crippen LogP contribution < -0.4 is 11.2 Å². The van der Waals surface area contributed by atoms with Crippen molar-refractivity contribution in [3.63, 3.8) is 0 Å². The lowest BCUT2D eigenvalue weighted by molar-refractivity contribution is 0.0948. The van der Waals surface area contributed by atoms with Gasteiger partial charge in [0.15, 0.2) is 5.69 Å². The van der Waals surface area contributed by atoms with Gasteiger partial charge in [0.1, 0.15) is 0 Å². The molecule has 2 aromatic heterocycles. The monoisotopic (exact) mass is 416 g/mol. The van der Waals surface area contributed by atoms with Crippen LogP contribution >= 0.6 is 0 Å². The fourth-order valence-corrected chi connectivity index (χ4v) is 3.07. The maximum absolute atomic E-state index is 12.6. The fourth-order valence-electron chi connectivity index (χ4n) is 3.07. The average molecular weight is 416 g/mol. The highest BCUT2D eigenvalue weighted by molar-refractivity contribution is 5.94. The van der Waals surface area contributed by atoms with Gasteiger partial charge in [-0.05, 0) is 32.9 Å². The average Bonchev–Trinajstić information content (AvgIpc) is 3.41. The molecule has 0 aliphatic heterocycles. The van der Waals surface area contributed by atoms with Crippen molar-refractivity contribution in [3.05, 3.63) is 71.5 Å². The standard InChI is InChI=1S/C21H20N8O2/c1-13(2)18-17(24-28-29(18)20-19(22)26-31-27-20)21(30)25-23-12-14-8-10-16(11-9-14)15-6-4-3-5-7-15/h3-13H,1-2H3,(H2,22,26)(H,25,30)/b23-12-. The van der Waals surface area contributed by atoms with E-state index in [1.54, 1.807) is 6.21 Å². The Morgan fingerprint density at radius 3 is 2.45 bits per heavy atom. The number of rotatable bonds is 6. The van der Waals surface area contributed by atoms with Crippen molar-refractivity contribution in [2.24, 2.45) is 5.10 Å². The van der Waals surface area contributed by atoms with Crippen molar-refractivity contribution in [2.75, 3.05) is 5.73 Å². The van der Waals surface area contributed by atoms with Crippen LogP contribution in [0.25, 0.3) is 16.9 Å². The molecule has 31 heavy (non-hydrogen) atoms. The first-order valence-electron chi connectivity index (χ1n) is 9.57. The highest BCUT2D eigenvalue weighted by atomic mass is 16.6. The SMILES string of the molecule is CC(C)c1c(C(=O)N/N=C\c2ccc(-c3ccccc3)cc2)nnn1-c1nonc1N. The normalized spacial score (nSPS) is 11.3. The van der Waals surface area contributed by atoms with Gasteiger partial charge in [-0.1, -0.05) is 73.7 Å². The van der Waals surface area contributed by atoms with Crippen molar-refractivity contribution in [2.45, 2.75) is 19.8 Å². The van der Waals surface area contributed by atoms with Gasteiger partial charge in [0, 0.05) is 0 Å². The van der Waals surface area contributed by atoms with E-state index in [1.807, 2.05) is 68.4 Å². The Hall–Kier alpha value is -4.34. The molecule has 0 unspecified atom stereocenters. The minimum atomic E-state index is -0.498. The molecule has 156 valence electrons. The summed E-state index contributed by atoms with van der Waals surface area (Å²) >= 11 is 0. The largest absolute Gasteiger partial charge is 0.378 e. The first-order valence-corrected chi connectivity index (χ1v) is 9.57. The first kappa shape index (κ1) is 20.0. The number of hydrazone groups is 1. The number of carbonyl (C=O) groups is 1. The summed E-state index contributed by atoms with van der Waals surface area (Å²) in [6, 6.07) is 17.9. The molecule has 10 heteroatoms. The summed E-state index contributed by atoms with van der Waals surface area (Å²) in [7, 11) is 0. The molecule has 2 heterocycles. The number of nitrogens with zero attached hydrogens (tertiary/aromatic N) is 6. The molecule has 0 spiro atoms. The van der Waals surface area contributed by atoms with Crippen LogP contribution in [0.3, 0.4) is 0 Å². The van der Waals surface area contributed by atoms with Crippen LogP contribution in [0, 0.1) is 0 Å². The van der Waals surface area contributed by atoms with Gasteiger partial charge in [-0.25, -0.2) is 10.1 Å². The number of carbonyl (C=O) groups excluding carboxylic acids is 1. The number of anilines is 1. The topological polar surface area (TPSA) is 137 Å². The van der Waals surface area contributed by atoms with Crippen molar-refractivity contribution in [3.8, 4) is 16.9 Å². The number of nitrogen functional groups attached to an aromatic ring is 1. The van der Waals surface area contributed by atoms with Crippen molar-refractivity contribution in [1.82, 2.24) is 30.7 Å². The van der Waals surface area contributed by atoms with Gasteiger partial charge < -0.3 is 5.73 Å². The quantitative estimate of drug-likeness (QED) is 0.364. The minimum absolute atomic E-state index is 0.0516. The Balaban J connectivity index is 1.48. The van der Waals surface area contributed by atoms with Crippen LogP contribution in [-0.4, -0.2) is 37.4 Å². The summed E-state index contributed by atoms with van der Waals surface area (Å²) in [6.07, 6.45) is 1.56. The van der Waals surface area contributed by atoms with Crippen LogP contribution in [0.1, 0.15) is 41.5 Å². The fraction of sp³-hybridized carbons (Fsp3) is 0.143. The zero-order valence-corrected chi connectivity index (χ0v) is 16.9. The Kier molecular flexibility index (Phi) is 5.52. The van der Waals surface area contributed by atoms with E-state index in [2.05, 4.69) is 35.8 Å². The van der Waals surface area contributed by atoms with Gasteiger partial charge in [0.05, 0.1) is 11.9 Å². The molecule has 0 radical (unpaired) electrons. The number of hydrogen-bond acceptors (Lipinski definition) is 8. The summed E-state index contributed by atoms with van der Waals surface area (Å²) in [5.74, 6) is -0.364. The van der Waals surface area contributed by atoms with Gasteiger partial charge in [0.25, 0.3) is 5.91 Å². The molecule has 4 aromatic rings. The van der Waals surface area contributed by atoms with E-state index in [9.17, 15) is 4.79 Å². The highest BCUT2D eigenvalue weighted by Crippen LogP contribution is 2.22. The summed E-state index contributed by atoms with van der Waals surface area (Å²) in [5.41, 5.74) is 11.9. The van der Waals surface area contributed by atoms with Crippen LogP contribution in [0.4, 0.5) is 5.82 Å². The van der Waals surface area contributed by atoms with Gasteiger partial charge >= 0.3 is 0 Å². The van der Waals surface area contributed by atoms with E-state index in [1.165, 1.54) is 4.68 Å². The lowest BCUT2D eigenvalue weighted by Gasteiger charge is -2.08. The predicted molar refractivity (Wildman–Crippen MR) is 115 cm³/mol. The van der Waals surface area contributed by atoms with Gasteiger partial charge in [-0.2, -0.15) is 9.78 Å².